The van der Waals surface area contributed by atoms with Gasteiger partial charge in [-0.25, -0.2) is 5.14 Å². The molecule has 2 N–H and O–H groups in total. The number of rotatable bonds is 2. The number of carbonyl (C=O) groups is 1. The Kier molecular flexibility index (Phi) is 3.13. The lowest BCUT2D eigenvalue weighted by Crippen LogP contribution is -2.35. The molecule has 0 radical (unpaired) electrons. The standard InChI is InChI=1S/C7H14N2O4S/c1-5-3-9(14(8,11)12)4-6(5)7(10)13-2/h5-6H,3-4H2,1-2H3,(H2,8,11,12). The molecule has 2 atom stereocenters. The molecule has 6 nitrogen and oxygen atoms in total. The largest absolute Gasteiger partial charge is 0.469 e. The Hall–Kier alpha value is -0.660. The van der Waals surface area contributed by atoms with Gasteiger partial charge in [0.1, 0.15) is 0 Å². The molecule has 1 aliphatic heterocycles. The average Bonchev–Trinajstić information content (AvgIpc) is 2.45. The Labute approximate surface area is 83.2 Å². The lowest BCUT2D eigenvalue weighted by atomic mass is 9.99. The fourth-order valence-corrected chi connectivity index (χ4v) is 2.40. The van der Waals surface area contributed by atoms with Crippen LogP contribution < -0.4 is 5.14 Å². The second-order valence-electron chi connectivity index (χ2n) is 3.47. The van der Waals surface area contributed by atoms with E-state index >= 15 is 0 Å². The molecule has 2 unspecified atom stereocenters. The van der Waals surface area contributed by atoms with E-state index in [0.29, 0.717) is 0 Å². The molecule has 0 aliphatic carbocycles. The first kappa shape index (κ1) is 11.4. The Balaban J connectivity index is 2.75. The first-order chi connectivity index (χ1) is 6.36. The van der Waals surface area contributed by atoms with E-state index in [0.717, 1.165) is 4.31 Å². The number of carbonyl (C=O) groups excluding carboxylic acids is 1. The molecule has 0 spiro atoms. The third-order valence-electron chi connectivity index (χ3n) is 2.44. The second-order valence-corrected chi connectivity index (χ2v) is 5.02. The minimum atomic E-state index is -3.68. The van der Waals surface area contributed by atoms with Crippen LogP contribution in [0.1, 0.15) is 6.92 Å². The fourth-order valence-electron chi connectivity index (χ4n) is 1.59. The van der Waals surface area contributed by atoms with Crippen LogP contribution in [0.3, 0.4) is 0 Å². The van der Waals surface area contributed by atoms with E-state index in [1.54, 1.807) is 6.92 Å². The first-order valence-electron chi connectivity index (χ1n) is 4.22. The molecule has 0 bridgehead atoms. The molecule has 0 aromatic carbocycles. The van der Waals surface area contributed by atoms with Crippen LogP contribution in [0.25, 0.3) is 0 Å². The summed E-state index contributed by atoms with van der Waals surface area (Å²) in [5, 5.41) is 4.95. The minimum absolute atomic E-state index is 0.0548. The summed E-state index contributed by atoms with van der Waals surface area (Å²) in [6.07, 6.45) is 0. The van der Waals surface area contributed by atoms with Gasteiger partial charge in [0.05, 0.1) is 13.0 Å². The molecule has 7 heteroatoms. The monoisotopic (exact) mass is 222 g/mol. The number of esters is 1. The van der Waals surface area contributed by atoms with E-state index in [9.17, 15) is 13.2 Å². The molecule has 0 amide bonds. The van der Waals surface area contributed by atoms with Gasteiger partial charge >= 0.3 is 5.97 Å². The predicted molar refractivity (Wildman–Crippen MR) is 49.4 cm³/mol. The Morgan fingerprint density at radius 3 is 2.43 bits per heavy atom. The number of hydrogen-bond acceptors (Lipinski definition) is 4. The highest BCUT2D eigenvalue weighted by Gasteiger charge is 2.39. The normalized spacial score (nSPS) is 29.1. The molecule has 1 aliphatic rings. The van der Waals surface area contributed by atoms with Crippen molar-refractivity contribution >= 4 is 16.2 Å². The molecule has 0 saturated carbocycles. The number of hydrogen-bond donors (Lipinski definition) is 1. The molecule has 82 valence electrons. The van der Waals surface area contributed by atoms with Crippen molar-refractivity contribution in [3.8, 4) is 0 Å². The number of nitrogens with two attached hydrogens (primary N) is 1. The summed E-state index contributed by atoms with van der Waals surface area (Å²) in [6.45, 7) is 2.19. The molecular formula is C7H14N2O4S. The van der Waals surface area contributed by atoms with Crippen molar-refractivity contribution in [1.29, 1.82) is 0 Å². The van der Waals surface area contributed by atoms with Gasteiger partial charge in [-0.3, -0.25) is 4.79 Å². The second kappa shape index (κ2) is 3.84. The maximum absolute atomic E-state index is 11.2. The lowest BCUT2D eigenvalue weighted by molar-refractivity contribution is -0.145. The molecule has 0 aromatic heterocycles. The first-order valence-corrected chi connectivity index (χ1v) is 5.72. The summed E-state index contributed by atoms with van der Waals surface area (Å²) in [5.74, 6) is -0.845. The summed E-state index contributed by atoms with van der Waals surface area (Å²) in [4.78, 5) is 11.2. The molecule has 14 heavy (non-hydrogen) atoms. The molecule has 1 rings (SSSR count). The van der Waals surface area contributed by atoms with Crippen LogP contribution in [0.15, 0.2) is 0 Å². The Morgan fingerprint density at radius 2 is 2.07 bits per heavy atom. The van der Waals surface area contributed by atoms with Crippen LogP contribution in [-0.2, 0) is 19.7 Å². The van der Waals surface area contributed by atoms with Gasteiger partial charge in [0.15, 0.2) is 0 Å². The summed E-state index contributed by atoms with van der Waals surface area (Å²) in [6, 6.07) is 0. The maximum Gasteiger partial charge on any atom is 0.310 e. The van der Waals surface area contributed by atoms with Crippen molar-refractivity contribution in [3.05, 3.63) is 0 Å². The summed E-state index contributed by atoms with van der Waals surface area (Å²) in [5.41, 5.74) is 0. The molecule has 1 fully saturated rings. The van der Waals surface area contributed by atoms with Crippen LogP contribution in [0.4, 0.5) is 0 Å². The van der Waals surface area contributed by atoms with Crippen LogP contribution in [0.2, 0.25) is 0 Å². The van der Waals surface area contributed by atoms with E-state index in [1.807, 2.05) is 0 Å². The van der Waals surface area contributed by atoms with E-state index < -0.39 is 16.1 Å². The number of methoxy groups -OCH3 is 1. The van der Waals surface area contributed by atoms with E-state index in [2.05, 4.69) is 4.74 Å². The summed E-state index contributed by atoms with van der Waals surface area (Å²) < 4.78 is 27.6. The van der Waals surface area contributed by atoms with Crippen LogP contribution in [-0.4, -0.2) is 38.9 Å². The van der Waals surface area contributed by atoms with Crippen molar-refractivity contribution in [2.24, 2.45) is 17.0 Å². The van der Waals surface area contributed by atoms with Crippen molar-refractivity contribution < 1.29 is 17.9 Å². The molecule has 1 heterocycles. The van der Waals surface area contributed by atoms with Gasteiger partial charge in [-0.2, -0.15) is 12.7 Å². The van der Waals surface area contributed by atoms with Gasteiger partial charge in [0.2, 0.25) is 0 Å². The number of nitrogens with zero attached hydrogens (tertiary/aromatic N) is 1. The van der Waals surface area contributed by atoms with Gasteiger partial charge in [-0.05, 0) is 5.92 Å². The van der Waals surface area contributed by atoms with Crippen LogP contribution >= 0.6 is 0 Å². The third-order valence-corrected chi connectivity index (χ3v) is 3.46. The van der Waals surface area contributed by atoms with Gasteiger partial charge in [-0.1, -0.05) is 6.92 Å². The SMILES string of the molecule is COC(=O)C1CN(S(N)(=O)=O)CC1C. The topological polar surface area (TPSA) is 89.7 Å². The maximum atomic E-state index is 11.2. The van der Waals surface area contributed by atoms with Gasteiger partial charge in [0, 0.05) is 13.1 Å². The van der Waals surface area contributed by atoms with Gasteiger partial charge in [0.25, 0.3) is 10.2 Å². The van der Waals surface area contributed by atoms with Crippen LogP contribution in [0, 0.1) is 11.8 Å². The molecule has 1 saturated heterocycles. The third kappa shape index (κ3) is 2.23. The highest BCUT2D eigenvalue weighted by molar-refractivity contribution is 7.86. The minimum Gasteiger partial charge on any atom is -0.469 e. The van der Waals surface area contributed by atoms with Crippen molar-refractivity contribution in [3.63, 3.8) is 0 Å². The molecule has 0 aromatic rings. The van der Waals surface area contributed by atoms with Crippen molar-refractivity contribution in [1.82, 2.24) is 4.31 Å². The average molecular weight is 222 g/mol. The van der Waals surface area contributed by atoms with E-state index in [4.69, 9.17) is 5.14 Å². The smallest absolute Gasteiger partial charge is 0.310 e. The predicted octanol–water partition coefficient (Wildman–Crippen LogP) is -1.07. The highest BCUT2D eigenvalue weighted by Crippen LogP contribution is 2.24. The number of ether oxygens (including phenoxy) is 1. The van der Waals surface area contributed by atoms with E-state index in [1.165, 1.54) is 7.11 Å². The Bertz CT molecular complexity index is 327. The van der Waals surface area contributed by atoms with Crippen molar-refractivity contribution in [2.45, 2.75) is 6.92 Å². The highest BCUT2D eigenvalue weighted by atomic mass is 32.2. The van der Waals surface area contributed by atoms with Crippen LogP contribution in [0.5, 0.6) is 0 Å². The van der Waals surface area contributed by atoms with Crippen molar-refractivity contribution in [2.75, 3.05) is 20.2 Å². The van der Waals surface area contributed by atoms with Gasteiger partial charge < -0.3 is 4.74 Å². The lowest BCUT2D eigenvalue weighted by Gasteiger charge is -2.11. The fraction of sp³-hybridized carbons (Fsp3) is 0.857. The zero-order valence-corrected chi connectivity index (χ0v) is 8.95. The van der Waals surface area contributed by atoms with Gasteiger partial charge in [-0.15, -0.1) is 0 Å². The van der Waals surface area contributed by atoms with E-state index in [-0.39, 0.29) is 25.0 Å². The zero-order chi connectivity index (χ0) is 10.9. The summed E-state index contributed by atoms with van der Waals surface area (Å²) in [7, 11) is -2.40. The zero-order valence-electron chi connectivity index (χ0n) is 8.13. The molecular weight excluding hydrogens is 208 g/mol. The quantitative estimate of drug-likeness (QED) is 0.602. The Morgan fingerprint density at radius 1 is 1.50 bits per heavy atom. The summed E-state index contributed by atoms with van der Waals surface area (Å²) >= 11 is 0.